The highest BCUT2D eigenvalue weighted by Gasteiger charge is 2.07. The Morgan fingerprint density at radius 2 is 1.58 bits per heavy atom. The Hall–Kier alpha value is -4.66. The van der Waals surface area contributed by atoms with Gasteiger partial charge in [0.25, 0.3) is 0 Å². The molecular weight excluding hydrogens is 416 g/mol. The number of rotatable bonds is 7. The van der Waals surface area contributed by atoms with Gasteiger partial charge in [0.1, 0.15) is 23.6 Å². The first kappa shape index (κ1) is 20.3. The van der Waals surface area contributed by atoms with Gasteiger partial charge in [-0.2, -0.15) is 4.98 Å². The van der Waals surface area contributed by atoms with E-state index in [4.69, 9.17) is 4.42 Å². The normalized spacial score (nSPS) is 10.7. The minimum Gasteiger partial charge on any atom is -0.449 e. The Kier molecular flexibility index (Phi) is 5.66. The van der Waals surface area contributed by atoms with Crippen LogP contribution in [0.4, 0.5) is 23.3 Å². The molecule has 0 bridgehead atoms. The molecule has 0 fully saturated rings. The summed E-state index contributed by atoms with van der Waals surface area (Å²) >= 11 is 0. The number of pyridine rings is 1. The Bertz CT molecular complexity index is 1350. The maximum absolute atomic E-state index is 5.30. The number of aromatic nitrogens is 6. The maximum atomic E-state index is 5.30. The second-order valence-corrected chi connectivity index (χ2v) is 7.24. The van der Waals surface area contributed by atoms with Gasteiger partial charge in [0.2, 0.25) is 5.95 Å². The van der Waals surface area contributed by atoms with Crippen molar-refractivity contribution in [1.29, 1.82) is 0 Å². The lowest BCUT2D eigenvalue weighted by Gasteiger charge is -2.09. The average Bonchev–Trinajstić information content (AvgIpc) is 3.34. The van der Waals surface area contributed by atoms with Crippen molar-refractivity contribution in [2.24, 2.45) is 0 Å². The average molecular weight is 436 g/mol. The monoisotopic (exact) mass is 436 g/mol. The van der Waals surface area contributed by atoms with Crippen molar-refractivity contribution in [3.05, 3.63) is 96.6 Å². The van der Waals surface area contributed by atoms with Crippen molar-refractivity contribution < 1.29 is 4.42 Å². The first-order valence-electron chi connectivity index (χ1n) is 10.3. The summed E-state index contributed by atoms with van der Waals surface area (Å²) in [5, 5.41) is 6.42. The van der Waals surface area contributed by atoms with Gasteiger partial charge in [-0.1, -0.05) is 18.2 Å². The summed E-state index contributed by atoms with van der Waals surface area (Å²) in [5.74, 6) is 2.92. The minimum absolute atomic E-state index is 0.468. The van der Waals surface area contributed by atoms with Crippen LogP contribution in [0.3, 0.4) is 0 Å². The first-order chi connectivity index (χ1) is 16.2. The highest BCUT2D eigenvalue weighted by atomic mass is 16.3. The largest absolute Gasteiger partial charge is 0.449 e. The fourth-order valence-corrected chi connectivity index (χ4v) is 3.19. The molecular formula is C24H20N8O. The molecule has 33 heavy (non-hydrogen) atoms. The van der Waals surface area contributed by atoms with Crippen LogP contribution < -0.4 is 10.6 Å². The molecule has 0 radical (unpaired) electrons. The van der Waals surface area contributed by atoms with Crippen molar-refractivity contribution in [3.8, 4) is 11.5 Å². The molecule has 2 N–H and O–H groups in total. The number of hydrogen-bond acceptors (Lipinski definition) is 9. The summed E-state index contributed by atoms with van der Waals surface area (Å²) in [6, 6.07) is 17.3. The van der Waals surface area contributed by atoms with Crippen LogP contribution >= 0.6 is 0 Å². The lowest BCUT2D eigenvalue weighted by Crippen LogP contribution is -2.02. The van der Waals surface area contributed by atoms with Crippen LogP contribution in [-0.2, 0) is 6.42 Å². The van der Waals surface area contributed by atoms with Crippen molar-refractivity contribution in [3.63, 3.8) is 0 Å². The summed E-state index contributed by atoms with van der Waals surface area (Å²) in [4.78, 5) is 26.3. The zero-order valence-corrected chi connectivity index (χ0v) is 17.8. The van der Waals surface area contributed by atoms with E-state index in [1.807, 2.05) is 49.4 Å². The predicted octanol–water partition coefficient (Wildman–Crippen LogP) is 4.70. The zero-order valence-electron chi connectivity index (χ0n) is 17.8. The third kappa shape index (κ3) is 5.16. The van der Waals surface area contributed by atoms with Gasteiger partial charge in [0.15, 0.2) is 11.7 Å². The fourth-order valence-electron chi connectivity index (χ4n) is 3.19. The molecule has 0 atom stereocenters. The molecule has 0 saturated carbocycles. The van der Waals surface area contributed by atoms with E-state index in [0.29, 0.717) is 35.7 Å². The number of nitrogens with zero attached hydrogens (tertiary/aromatic N) is 6. The van der Waals surface area contributed by atoms with Gasteiger partial charge in [-0.25, -0.2) is 24.9 Å². The van der Waals surface area contributed by atoms with E-state index in [-0.39, 0.29) is 0 Å². The lowest BCUT2D eigenvalue weighted by atomic mass is 10.1. The van der Waals surface area contributed by atoms with Gasteiger partial charge in [-0.15, -0.1) is 0 Å². The van der Waals surface area contributed by atoms with Crippen molar-refractivity contribution in [2.75, 3.05) is 10.6 Å². The van der Waals surface area contributed by atoms with Crippen molar-refractivity contribution in [1.82, 2.24) is 29.9 Å². The van der Waals surface area contributed by atoms with Gasteiger partial charge >= 0.3 is 0 Å². The van der Waals surface area contributed by atoms with Gasteiger partial charge in [-0.05, 0) is 48.9 Å². The van der Waals surface area contributed by atoms with Crippen LogP contribution in [0.1, 0.15) is 17.1 Å². The molecule has 4 aromatic heterocycles. The highest BCUT2D eigenvalue weighted by Crippen LogP contribution is 2.19. The molecule has 4 heterocycles. The molecule has 5 aromatic rings. The smallest absolute Gasteiger partial charge is 0.229 e. The zero-order chi connectivity index (χ0) is 22.5. The Balaban J connectivity index is 1.27. The minimum atomic E-state index is 0.468. The standard InChI is InChI=1S/C24H20N8O/c1-16-3-2-4-19(28-16)23-26-11-9-20(31-23)30-21-10-12-27-24(32-21)29-18-7-5-17(6-8-18)15-22-25-13-14-33-22/h2-14H,15H2,1H3,(H2,26,27,29,30,31,32). The maximum Gasteiger partial charge on any atom is 0.229 e. The molecule has 0 amide bonds. The van der Waals surface area contributed by atoms with Gasteiger partial charge in [0, 0.05) is 30.2 Å². The van der Waals surface area contributed by atoms with Gasteiger partial charge in [0.05, 0.1) is 6.20 Å². The summed E-state index contributed by atoms with van der Waals surface area (Å²) in [5.41, 5.74) is 3.60. The van der Waals surface area contributed by atoms with E-state index in [2.05, 4.69) is 40.5 Å². The van der Waals surface area contributed by atoms with Crippen molar-refractivity contribution in [2.45, 2.75) is 13.3 Å². The third-order valence-electron chi connectivity index (χ3n) is 4.73. The molecule has 9 heteroatoms. The second-order valence-electron chi connectivity index (χ2n) is 7.24. The fraction of sp³-hybridized carbons (Fsp3) is 0.0833. The molecule has 1 aromatic carbocycles. The Labute approximate surface area is 190 Å². The van der Waals surface area contributed by atoms with Crippen LogP contribution in [0.5, 0.6) is 0 Å². The number of nitrogens with one attached hydrogen (secondary N) is 2. The Morgan fingerprint density at radius 1 is 0.758 bits per heavy atom. The molecule has 0 aliphatic carbocycles. The third-order valence-corrected chi connectivity index (χ3v) is 4.73. The van der Waals surface area contributed by atoms with Crippen LogP contribution in [0.15, 0.2) is 83.9 Å². The van der Waals surface area contributed by atoms with Crippen LogP contribution in [0.2, 0.25) is 0 Å². The summed E-state index contributed by atoms with van der Waals surface area (Å²) in [7, 11) is 0. The lowest BCUT2D eigenvalue weighted by molar-refractivity contribution is 0.507. The van der Waals surface area contributed by atoms with E-state index in [0.717, 1.165) is 22.6 Å². The molecule has 9 nitrogen and oxygen atoms in total. The van der Waals surface area contributed by atoms with E-state index < -0.39 is 0 Å². The Morgan fingerprint density at radius 3 is 2.36 bits per heavy atom. The molecule has 5 rings (SSSR count). The molecule has 0 saturated heterocycles. The topological polar surface area (TPSA) is 115 Å². The quantitative estimate of drug-likeness (QED) is 0.374. The van der Waals surface area contributed by atoms with Crippen molar-refractivity contribution >= 4 is 23.3 Å². The predicted molar refractivity (Wildman–Crippen MR) is 124 cm³/mol. The SMILES string of the molecule is Cc1cccc(-c2nccc(Nc3ccnc(Nc4ccc(Cc5ncco5)cc4)n3)n2)n1. The molecule has 0 aliphatic heterocycles. The highest BCUT2D eigenvalue weighted by molar-refractivity contribution is 5.59. The summed E-state index contributed by atoms with van der Waals surface area (Å²) < 4.78 is 5.30. The number of benzene rings is 1. The van der Waals surface area contributed by atoms with E-state index in [1.54, 1.807) is 37.0 Å². The van der Waals surface area contributed by atoms with Gasteiger partial charge in [-0.3, -0.25) is 0 Å². The van der Waals surface area contributed by atoms with E-state index in [1.165, 1.54) is 0 Å². The molecule has 162 valence electrons. The van der Waals surface area contributed by atoms with Gasteiger partial charge < -0.3 is 15.1 Å². The molecule has 0 unspecified atom stereocenters. The summed E-state index contributed by atoms with van der Waals surface area (Å²) in [6.45, 7) is 1.94. The second kappa shape index (κ2) is 9.23. The van der Waals surface area contributed by atoms with E-state index >= 15 is 0 Å². The number of aryl methyl sites for hydroxylation is 1. The number of oxazole rings is 1. The van der Waals surface area contributed by atoms with Crippen LogP contribution in [0, 0.1) is 6.92 Å². The first-order valence-corrected chi connectivity index (χ1v) is 10.3. The number of hydrogen-bond donors (Lipinski definition) is 2. The van der Waals surface area contributed by atoms with Crippen LogP contribution in [-0.4, -0.2) is 29.9 Å². The van der Waals surface area contributed by atoms with Crippen LogP contribution in [0.25, 0.3) is 11.5 Å². The molecule has 0 aliphatic rings. The molecule has 0 spiro atoms. The number of anilines is 4. The van der Waals surface area contributed by atoms with E-state index in [9.17, 15) is 0 Å². The summed E-state index contributed by atoms with van der Waals surface area (Å²) in [6.07, 6.45) is 7.23.